The Morgan fingerprint density at radius 2 is 2.03 bits per heavy atom. The molecule has 1 saturated heterocycles. The van der Waals surface area contributed by atoms with Crippen molar-refractivity contribution in [1.82, 2.24) is 9.55 Å². The Kier molecular flexibility index (Phi) is 5.54. The van der Waals surface area contributed by atoms with Crippen LogP contribution in [0.2, 0.25) is 0 Å². The number of aromatic nitrogens is 2. The van der Waals surface area contributed by atoms with Crippen molar-refractivity contribution >= 4 is 35.0 Å². The quantitative estimate of drug-likeness (QED) is 0.671. The van der Waals surface area contributed by atoms with E-state index in [1.165, 1.54) is 16.7 Å². The van der Waals surface area contributed by atoms with Crippen molar-refractivity contribution in [1.29, 1.82) is 0 Å². The van der Waals surface area contributed by atoms with Gasteiger partial charge < -0.3 is 20.3 Å². The lowest BCUT2D eigenvalue weighted by molar-refractivity contribution is 0.0695. The second-order valence-electron chi connectivity index (χ2n) is 6.70. The molecule has 1 aliphatic heterocycles. The summed E-state index contributed by atoms with van der Waals surface area (Å²) in [5.74, 6) is -2.45. The monoisotopic (exact) mass is 422 g/mol. The van der Waals surface area contributed by atoms with Crippen LogP contribution in [0.15, 0.2) is 41.5 Å². The fourth-order valence-electron chi connectivity index (χ4n) is 3.44. The molecular weight excluding hydrogens is 406 g/mol. The van der Waals surface area contributed by atoms with Crippen LogP contribution in [0.5, 0.6) is 0 Å². The van der Waals surface area contributed by atoms with E-state index in [2.05, 4.69) is 4.98 Å². The minimum atomic E-state index is -1.45. The van der Waals surface area contributed by atoms with Crippen LogP contribution in [0.25, 0.3) is 16.7 Å². The number of fused-ring (bicyclic) bond motifs is 1. The number of carbonyl (C=O) groups is 1. The second-order valence-corrected chi connectivity index (χ2v) is 6.70. The first-order valence-corrected chi connectivity index (χ1v) is 8.60. The van der Waals surface area contributed by atoms with Gasteiger partial charge in [-0.2, -0.15) is 0 Å². The molecule has 1 aromatic carbocycles. The smallest absolute Gasteiger partial charge is 0.341 e. The minimum Gasteiger partial charge on any atom is -0.477 e. The van der Waals surface area contributed by atoms with Gasteiger partial charge in [0.15, 0.2) is 0 Å². The predicted molar refractivity (Wildman–Crippen MR) is 106 cm³/mol. The van der Waals surface area contributed by atoms with E-state index in [1.807, 2.05) is 0 Å². The van der Waals surface area contributed by atoms with E-state index in [4.69, 9.17) is 5.73 Å². The molecule has 3 aromatic rings. The number of pyridine rings is 2. The summed E-state index contributed by atoms with van der Waals surface area (Å²) >= 11 is 0. The SMILES string of the molecule is Cl.N[C@H]1CCN(c2cc3c(cc2F)c(=O)c(C(=O)O)cn3-c2ccc(F)cn2)C1. The first kappa shape index (κ1) is 20.7. The van der Waals surface area contributed by atoms with E-state index in [0.29, 0.717) is 19.5 Å². The van der Waals surface area contributed by atoms with Gasteiger partial charge in [-0.25, -0.2) is 18.6 Å². The van der Waals surface area contributed by atoms with E-state index >= 15 is 0 Å². The molecule has 4 rings (SSSR count). The second kappa shape index (κ2) is 7.76. The zero-order chi connectivity index (χ0) is 20.0. The Morgan fingerprint density at radius 3 is 2.62 bits per heavy atom. The highest BCUT2D eigenvalue weighted by atomic mass is 35.5. The number of rotatable bonds is 3. The molecular formula is C19H17ClF2N4O3. The van der Waals surface area contributed by atoms with Crippen molar-refractivity contribution in [2.45, 2.75) is 12.5 Å². The van der Waals surface area contributed by atoms with Crippen LogP contribution in [0.1, 0.15) is 16.8 Å². The van der Waals surface area contributed by atoms with Crippen molar-refractivity contribution < 1.29 is 18.7 Å². The Labute approximate surface area is 169 Å². The molecule has 1 fully saturated rings. The molecule has 2 aromatic heterocycles. The lowest BCUT2D eigenvalue weighted by Gasteiger charge is -2.20. The highest BCUT2D eigenvalue weighted by Gasteiger charge is 2.24. The van der Waals surface area contributed by atoms with Crippen molar-refractivity contribution in [3.8, 4) is 5.82 Å². The third-order valence-corrected chi connectivity index (χ3v) is 4.83. The Hall–Kier alpha value is -3.04. The maximum Gasteiger partial charge on any atom is 0.341 e. The number of halogens is 3. The number of hydrogen-bond acceptors (Lipinski definition) is 5. The molecule has 10 heteroatoms. The molecule has 0 aliphatic carbocycles. The number of aromatic carboxylic acids is 1. The van der Waals surface area contributed by atoms with Crippen molar-refractivity contribution in [3.05, 3.63) is 64.1 Å². The van der Waals surface area contributed by atoms with Crippen LogP contribution in [0.4, 0.5) is 14.5 Å². The molecule has 0 radical (unpaired) electrons. The van der Waals surface area contributed by atoms with Gasteiger partial charge in [-0.15, -0.1) is 12.4 Å². The fraction of sp³-hybridized carbons (Fsp3) is 0.211. The van der Waals surface area contributed by atoms with Gasteiger partial charge in [-0.3, -0.25) is 4.79 Å². The molecule has 0 bridgehead atoms. The minimum absolute atomic E-state index is 0. The van der Waals surface area contributed by atoms with E-state index in [9.17, 15) is 23.5 Å². The van der Waals surface area contributed by atoms with Gasteiger partial charge >= 0.3 is 5.97 Å². The van der Waals surface area contributed by atoms with Gasteiger partial charge in [0.25, 0.3) is 0 Å². The molecule has 0 spiro atoms. The van der Waals surface area contributed by atoms with Crippen molar-refractivity contribution in [3.63, 3.8) is 0 Å². The van der Waals surface area contributed by atoms with Gasteiger partial charge in [-0.1, -0.05) is 0 Å². The molecule has 1 aliphatic rings. The maximum atomic E-state index is 14.8. The Bertz CT molecular complexity index is 1150. The van der Waals surface area contributed by atoms with Gasteiger partial charge in [0.2, 0.25) is 5.43 Å². The zero-order valence-electron chi connectivity index (χ0n) is 15.0. The number of nitrogens with zero attached hydrogens (tertiary/aromatic N) is 3. The highest BCUT2D eigenvalue weighted by molar-refractivity contribution is 5.94. The van der Waals surface area contributed by atoms with Gasteiger partial charge in [0.1, 0.15) is 23.0 Å². The maximum absolute atomic E-state index is 14.8. The predicted octanol–water partition coefficient (Wildman–Crippen LogP) is 2.32. The summed E-state index contributed by atoms with van der Waals surface area (Å²) in [4.78, 5) is 29.8. The van der Waals surface area contributed by atoms with E-state index in [0.717, 1.165) is 24.5 Å². The standard InChI is InChI=1S/C19H16F2N4O3.ClH/c20-10-1-2-17(23-7-10)25-9-13(19(27)28)18(26)12-5-14(21)16(6-15(12)25)24-4-3-11(22)8-24;/h1-2,5-7,9,11H,3-4,8,22H2,(H,27,28);1H/t11-;/m0./s1. The normalized spacial score (nSPS) is 16.1. The van der Waals surface area contributed by atoms with Gasteiger partial charge in [-0.05, 0) is 30.7 Å². The summed E-state index contributed by atoms with van der Waals surface area (Å²) in [6, 6.07) is 4.94. The topological polar surface area (TPSA) is 101 Å². The Morgan fingerprint density at radius 1 is 1.28 bits per heavy atom. The zero-order valence-corrected chi connectivity index (χ0v) is 15.8. The van der Waals surface area contributed by atoms with Gasteiger partial charge in [0, 0.05) is 25.3 Å². The van der Waals surface area contributed by atoms with Crippen LogP contribution >= 0.6 is 12.4 Å². The summed E-state index contributed by atoms with van der Waals surface area (Å²) < 4.78 is 29.4. The lowest BCUT2D eigenvalue weighted by atomic mass is 10.1. The first-order valence-electron chi connectivity index (χ1n) is 8.60. The largest absolute Gasteiger partial charge is 0.477 e. The average molecular weight is 423 g/mol. The number of carboxylic acid groups (broad SMARTS) is 1. The van der Waals surface area contributed by atoms with Crippen LogP contribution in [-0.2, 0) is 0 Å². The molecule has 0 saturated carbocycles. The molecule has 3 N–H and O–H groups in total. The molecule has 1 atom stereocenters. The molecule has 152 valence electrons. The van der Waals surface area contributed by atoms with E-state index < -0.39 is 28.6 Å². The first-order chi connectivity index (χ1) is 13.3. The van der Waals surface area contributed by atoms with Crippen molar-refractivity contribution in [2.24, 2.45) is 5.73 Å². The number of hydrogen-bond donors (Lipinski definition) is 2. The number of carboxylic acids is 1. The van der Waals surface area contributed by atoms with Crippen molar-refractivity contribution in [2.75, 3.05) is 18.0 Å². The van der Waals surface area contributed by atoms with Crippen LogP contribution in [-0.4, -0.2) is 39.8 Å². The third kappa shape index (κ3) is 3.66. The molecule has 7 nitrogen and oxygen atoms in total. The molecule has 29 heavy (non-hydrogen) atoms. The number of anilines is 1. The van der Waals surface area contributed by atoms with Gasteiger partial charge in [0.05, 0.1) is 22.8 Å². The fourth-order valence-corrected chi connectivity index (χ4v) is 3.44. The van der Waals surface area contributed by atoms with Crippen LogP contribution < -0.4 is 16.1 Å². The lowest BCUT2D eigenvalue weighted by Crippen LogP contribution is -2.27. The summed E-state index contributed by atoms with van der Waals surface area (Å²) in [6.07, 6.45) is 2.80. The molecule has 0 unspecified atom stereocenters. The molecule has 3 heterocycles. The summed E-state index contributed by atoms with van der Waals surface area (Å²) in [5, 5.41) is 9.26. The summed E-state index contributed by atoms with van der Waals surface area (Å²) in [6.45, 7) is 1.03. The van der Waals surface area contributed by atoms with Crippen LogP contribution in [0.3, 0.4) is 0 Å². The summed E-state index contributed by atoms with van der Waals surface area (Å²) in [7, 11) is 0. The highest BCUT2D eigenvalue weighted by Crippen LogP contribution is 2.28. The third-order valence-electron chi connectivity index (χ3n) is 4.83. The van der Waals surface area contributed by atoms with E-state index in [-0.39, 0.29) is 40.9 Å². The average Bonchev–Trinajstić information content (AvgIpc) is 3.09. The van der Waals surface area contributed by atoms with Crippen LogP contribution in [0, 0.1) is 11.6 Å². The van der Waals surface area contributed by atoms with E-state index in [1.54, 1.807) is 4.90 Å². The summed E-state index contributed by atoms with van der Waals surface area (Å²) in [5.41, 5.74) is 5.10. The Balaban J connectivity index is 0.00000240. The number of nitrogens with two attached hydrogens (primary N) is 1. The molecule has 0 amide bonds. The number of benzene rings is 1.